The van der Waals surface area contributed by atoms with Crippen molar-refractivity contribution in [2.45, 2.75) is 6.54 Å². The Bertz CT molecular complexity index is 493. The predicted octanol–water partition coefficient (Wildman–Crippen LogP) is 0.742. The van der Waals surface area contributed by atoms with E-state index in [0.29, 0.717) is 18.7 Å². The summed E-state index contributed by atoms with van der Waals surface area (Å²) in [5.41, 5.74) is 1.71. The molecule has 0 aliphatic carbocycles. The van der Waals surface area contributed by atoms with Gasteiger partial charge in [-0.15, -0.1) is 12.4 Å². The largest absolute Gasteiger partial charge is 0.343 e. The average Bonchev–Trinajstić information content (AvgIpc) is 2.73. The van der Waals surface area contributed by atoms with E-state index in [0.717, 1.165) is 12.1 Å². The van der Waals surface area contributed by atoms with Gasteiger partial charge in [0.05, 0.1) is 0 Å². The maximum Gasteiger partial charge on any atom is 0.254 e. The zero-order chi connectivity index (χ0) is 13.8. The minimum atomic E-state index is -0.0500. The van der Waals surface area contributed by atoms with Crippen molar-refractivity contribution in [3.8, 4) is 0 Å². The van der Waals surface area contributed by atoms with Crippen LogP contribution < -0.4 is 5.32 Å². The number of carbonyl (C=O) groups excluding carboxylic acids is 2. The molecule has 5 nitrogen and oxygen atoms in total. The summed E-state index contributed by atoms with van der Waals surface area (Å²) in [6, 6.07) is 7.51. The number of rotatable bonds is 5. The Kier molecular flexibility index (Phi) is 5.98. The van der Waals surface area contributed by atoms with Crippen molar-refractivity contribution in [1.29, 1.82) is 0 Å². The Morgan fingerprint density at radius 3 is 2.75 bits per heavy atom. The molecule has 1 aromatic rings. The first kappa shape index (κ1) is 16.5. The SMILES string of the molecule is CNCCN(C)C(=O)CN1Cc2ccccc2C1=O.Cl. The summed E-state index contributed by atoms with van der Waals surface area (Å²) in [6.07, 6.45) is 0. The number of hydrogen-bond acceptors (Lipinski definition) is 3. The second-order valence-electron chi connectivity index (χ2n) is 4.74. The number of halogens is 1. The topological polar surface area (TPSA) is 52.7 Å². The number of nitrogens with zero attached hydrogens (tertiary/aromatic N) is 2. The molecule has 1 aliphatic rings. The number of likely N-dealkylation sites (N-methyl/N-ethyl adjacent to an activating group) is 2. The summed E-state index contributed by atoms with van der Waals surface area (Å²) in [6.45, 7) is 2.06. The van der Waals surface area contributed by atoms with E-state index in [1.807, 2.05) is 31.3 Å². The van der Waals surface area contributed by atoms with Crippen molar-refractivity contribution in [2.24, 2.45) is 0 Å². The zero-order valence-electron chi connectivity index (χ0n) is 11.8. The van der Waals surface area contributed by atoms with Crippen LogP contribution in [0.5, 0.6) is 0 Å². The molecule has 1 aliphatic heterocycles. The summed E-state index contributed by atoms with van der Waals surface area (Å²) in [7, 11) is 3.60. The number of hydrogen-bond donors (Lipinski definition) is 1. The second-order valence-corrected chi connectivity index (χ2v) is 4.74. The Balaban J connectivity index is 0.00000200. The van der Waals surface area contributed by atoms with Crippen molar-refractivity contribution < 1.29 is 9.59 Å². The minimum Gasteiger partial charge on any atom is -0.343 e. The zero-order valence-corrected chi connectivity index (χ0v) is 12.6. The third-order valence-electron chi connectivity index (χ3n) is 3.35. The molecule has 6 heteroatoms. The number of benzene rings is 1. The van der Waals surface area contributed by atoms with Crippen LogP contribution in [-0.2, 0) is 11.3 Å². The van der Waals surface area contributed by atoms with Gasteiger partial charge in [0, 0.05) is 32.2 Å². The Labute approximate surface area is 125 Å². The van der Waals surface area contributed by atoms with Crippen LogP contribution in [0.2, 0.25) is 0 Å². The maximum atomic E-state index is 12.1. The molecule has 1 aromatic carbocycles. The van der Waals surface area contributed by atoms with Crippen molar-refractivity contribution in [1.82, 2.24) is 15.1 Å². The van der Waals surface area contributed by atoms with E-state index in [9.17, 15) is 9.59 Å². The Hall–Kier alpha value is -1.59. The van der Waals surface area contributed by atoms with Crippen molar-refractivity contribution >= 4 is 24.2 Å². The van der Waals surface area contributed by atoms with Crippen LogP contribution >= 0.6 is 12.4 Å². The van der Waals surface area contributed by atoms with Crippen LogP contribution in [0.25, 0.3) is 0 Å². The van der Waals surface area contributed by atoms with Gasteiger partial charge in [-0.3, -0.25) is 9.59 Å². The third kappa shape index (κ3) is 3.49. The fourth-order valence-corrected chi connectivity index (χ4v) is 2.13. The fourth-order valence-electron chi connectivity index (χ4n) is 2.13. The van der Waals surface area contributed by atoms with E-state index in [2.05, 4.69) is 5.32 Å². The normalized spacial score (nSPS) is 12.9. The molecule has 20 heavy (non-hydrogen) atoms. The molecule has 0 atom stereocenters. The van der Waals surface area contributed by atoms with Gasteiger partial charge < -0.3 is 15.1 Å². The number of amides is 2. The van der Waals surface area contributed by atoms with E-state index in [-0.39, 0.29) is 30.8 Å². The molecule has 0 saturated heterocycles. The van der Waals surface area contributed by atoms with Crippen LogP contribution in [0.1, 0.15) is 15.9 Å². The van der Waals surface area contributed by atoms with E-state index < -0.39 is 0 Å². The molecule has 0 unspecified atom stereocenters. The van der Waals surface area contributed by atoms with Crippen LogP contribution in [0.15, 0.2) is 24.3 Å². The highest BCUT2D eigenvalue weighted by molar-refractivity contribution is 6.00. The first-order valence-corrected chi connectivity index (χ1v) is 6.39. The first-order chi connectivity index (χ1) is 9.13. The van der Waals surface area contributed by atoms with Crippen LogP contribution in [0.4, 0.5) is 0 Å². The second kappa shape index (κ2) is 7.26. The highest BCUT2D eigenvalue weighted by Crippen LogP contribution is 2.21. The van der Waals surface area contributed by atoms with E-state index in [1.54, 1.807) is 16.8 Å². The highest BCUT2D eigenvalue weighted by Gasteiger charge is 2.28. The van der Waals surface area contributed by atoms with Gasteiger partial charge in [-0.25, -0.2) is 0 Å². The average molecular weight is 298 g/mol. The van der Waals surface area contributed by atoms with Crippen molar-refractivity contribution in [3.05, 3.63) is 35.4 Å². The van der Waals surface area contributed by atoms with Crippen molar-refractivity contribution in [3.63, 3.8) is 0 Å². The molecule has 0 fully saturated rings. The first-order valence-electron chi connectivity index (χ1n) is 6.39. The molecule has 0 bridgehead atoms. The molecular weight excluding hydrogens is 278 g/mol. The lowest BCUT2D eigenvalue weighted by atomic mass is 10.1. The quantitative estimate of drug-likeness (QED) is 0.872. The van der Waals surface area contributed by atoms with Gasteiger partial charge in [0.25, 0.3) is 5.91 Å². The molecule has 2 amide bonds. The molecular formula is C14H20ClN3O2. The molecule has 2 rings (SSSR count). The molecule has 1 N–H and O–H groups in total. The van der Waals surface area contributed by atoms with Crippen LogP contribution in [0.3, 0.4) is 0 Å². The minimum absolute atomic E-state index is 0. The molecule has 1 heterocycles. The standard InChI is InChI=1S/C14H19N3O2.ClH/c1-15-7-8-16(2)13(18)10-17-9-11-5-3-4-6-12(11)14(17)19;/h3-6,15H,7-10H2,1-2H3;1H. The molecule has 0 aromatic heterocycles. The molecule has 110 valence electrons. The highest BCUT2D eigenvalue weighted by atomic mass is 35.5. The van der Waals surface area contributed by atoms with E-state index in [4.69, 9.17) is 0 Å². The molecule has 0 saturated carbocycles. The predicted molar refractivity (Wildman–Crippen MR) is 80.0 cm³/mol. The fraction of sp³-hybridized carbons (Fsp3) is 0.429. The number of carbonyl (C=O) groups is 2. The Morgan fingerprint density at radius 1 is 1.40 bits per heavy atom. The smallest absolute Gasteiger partial charge is 0.254 e. The van der Waals surface area contributed by atoms with Gasteiger partial charge in [0.15, 0.2) is 0 Å². The van der Waals surface area contributed by atoms with E-state index in [1.165, 1.54) is 0 Å². The summed E-state index contributed by atoms with van der Waals surface area (Å²) in [5.74, 6) is -0.0811. The van der Waals surface area contributed by atoms with Crippen LogP contribution in [0, 0.1) is 0 Å². The maximum absolute atomic E-state index is 12.1. The van der Waals surface area contributed by atoms with Gasteiger partial charge in [-0.1, -0.05) is 18.2 Å². The lowest BCUT2D eigenvalue weighted by Gasteiger charge is -2.21. The van der Waals surface area contributed by atoms with Gasteiger partial charge in [0.2, 0.25) is 5.91 Å². The van der Waals surface area contributed by atoms with Crippen molar-refractivity contribution in [2.75, 3.05) is 33.7 Å². The lowest BCUT2D eigenvalue weighted by Crippen LogP contribution is -2.40. The summed E-state index contributed by atoms with van der Waals surface area (Å²) in [4.78, 5) is 27.4. The number of fused-ring (bicyclic) bond motifs is 1. The third-order valence-corrected chi connectivity index (χ3v) is 3.35. The Morgan fingerprint density at radius 2 is 2.10 bits per heavy atom. The summed E-state index contributed by atoms with van der Waals surface area (Å²) < 4.78 is 0. The summed E-state index contributed by atoms with van der Waals surface area (Å²) in [5, 5.41) is 3.00. The number of nitrogens with one attached hydrogen (secondary N) is 1. The van der Waals surface area contributed by atoms with Gasteiger partial charge >= 0.3 is 0 Å². The van der Waals surface area contributed by atoms with Gasteiger partial charge in [-0.2, -0.15) is 0 Å². The van der Waals surface area contributed by atoms with Gasteiger partial charge in [-0.05, 0) is 18.7 Å². The van der Waals surface area contributed by atoms with Crippen LogP contribution in [-0.4, -0.2) is 55.3 Å². The monoisotopic (exact) mass is 297 g/mol. The molecule has 0 spiro atoms. The van der Waals surface area contributed by atoms with Gasteiger partial charge in [0.1, 0.15) is 6.54 Å². The lowest BCUT2D eigenvalue weighted by molar-refractivity contribution is -0.130. The molecule has 0 radical (unpaired) electrons. The van der Waals surface area contributed by atoms with E-state index >= 15 is 0 Å². The summed E-state index contributed by atoms with van der Waals surface area (Å²) >= 11 is 0.